The Balaban J connectivity index is 0.689. The first kappa shape index (κ1) is 58.1. The maximum absolute atomic E-state index is 2.37. The summed E-state index contributed by atoms with van der Waals surface area (Å²) in [6.07, 6.45) is 0. The molecular weight excluding hydrogens is 1170 g/mol. The molecule has 0 atom stereocenters. The van der Waals surface area contributed by atoms with Crippen molar-refractivity contribution in [1.82, 2.24) is 0 Å². The van der Waals surface area contributed by atoms with E-state index < -0.39 is 5.41 Å². The minimum atomic E-state index is -0.617. The summed E-state index contributed by atoms with van der Waals surface area (Å²) in [4.78, 5) is 9.45. The van der Waals surface area contributed by atoms with E-state index in [4.69, 9.17) is 0 Å². The molecule has 0 fully saturated rings. The minimum absolute atomic E-state index is 0.617. The number of hydrogen-bond acceptors (Lipinski definition) is 4. The van der Waals surface area contributed by atoms with Gasteiger partial charge in [0.2, 0.25) is 0 Å². The SMILES string of the molecule is c1ccc(N(c2ccc(-c3ccc(N(c4ccccc4)c4cccc5ccccc45)cc3)cc2)c2ccc(C3(c4ccc(N(c5ccccc5)c5ccc(-c6ccc(N(c7ccccc7)c7cccc8ccccc78)cc6)cc5)cc4)c4ccccc4-c4ccccc43)cc2)cc1. The zero-order valence-electron chi connectivity index (χ0n) is 53.4. The molecule has 0 aliphatic heterocycles. The zero-order chi connectivity index (χ0) is 64.5. The predicted molar refractivity (Wildman–Crippen MR) is 408 cm³/mol. The fourth-order valence-electron chi connectivity index (χ4n) is 14.8. The van der Waals surface area contributed by atoms with Gasteiger partial charge in [-0.15, -0.1) is 0 Å². The molecule has 4 heteroatoms. The Morgan fingerprint density at radius 3 is 0.732 bits per heavy atom. The van der Waals surface area contributed by atoms with Crippen LogP contribution in [0.4, 0.5) is 68.2 Å². The molecule has 0 unspecified atom stereocenters. The van der Waals surface area contributed by atoms with Crippen molar-refractivity contribution in [1.29, 1.82) is 0 Å². The molecule has 0 amide bonds. The lowest BCUT2D eigenvalue weighted by molar-refractivity contribution is 0.768. The highest BCUT2D eigenvalue weighted by atomic mass is 15.2. The zero-order valence-corrected chi connectivity index (χ0v) is 53.4. The van der Waals surface area contributed by atoms with E-state index in [-0.39, 0.29) is 0 Å². The van der Waals surface area contributed by atoms with Crippen LogP contribution < -0.4 is 19.6 Å². The van der Waals surface area contributed by atoms with Gasteiger partial charge in [0.1, 0.15) is 0 Å². The summed E-state index contributed by atoms with van der Waals surface area (Å²) in [6.45, 7) is 0. The normalized spacial score (nSPS) is 12.0. The second kappa shape index (κ2) is 25.3. The van der Waals surface area contributed by atoms with Crippen molar-refractivity contribution < 1.29 is 0 Å². The molecule has 0 N–H and O–H groups in total. The van der Waals surface area contributed by atoms with Crippen LogP contribution in [0.5, 0.6) is 0 Å². The van der Waals surface area contributed by atoms with Gasteiger partial charge in [0.05, 0.1) is 16.8 Å². The van der Waals surface area contributed by atoms with Crippen LogP contribution in [0, 0.1) is 0 Å². The molecule has 0 spiro atoms. The van der Waals surface area contributed by atoms with E-state index in [1.165, 1.54) is 54.9 Å². The molecule has 0 bridgehead atoms. The van der Waals surface area contributed by atoms with Crippen LogP contribution in [0.25, 0.3) is 54.9 Å². The summed E-state index contributed by atoms with van der Waals surface area (Å²) >= 11 is 0. The van der Waals surface area contributed by atoms with Crippen molar-refractivity contribution in [3.8, 4) is 33.4 Å². The summed E-state index contributed by atoms with van der Waals surface area (Å²) in [7, 11) is 0. The van der Waals surface area contributed by atoms with Crippen molar-refractivity contribution in [2.24, 2.45) is 0 Å². The van der Waals surface area contributed by atoms with Crippen molar-refractivity contribution >= 4 is 89.8 Å². The Bertz CT molecular complexity index is 5060. The number of para-hydroxylation sites is 4. The molecule has 0 saturated carbocycles. The minimum Gasteiger partial charge on any atom is -0.311 e. The second-order valence-corrected chi connectivity index (χ2v) is 24.8. The van der Waals surface area contributed by atoms with Gasteiger partial charge in [-0.3, -0.25) is 0 Å². The van der Waals surface area contributed by atoms with Gasteiger partial charge < -0.3 is 19.6 Å². The first-order valence-corrected chi connectivity index (χ1v) is 33.3. The summed E-state index contributed by atoms with van der Waals surface area (Å²) in [5, 5.41) is 4.84. The number of hydrogen-bond donors (Lipinski definition) is 0. The Morgan fingerprint density at radius 2 is 0.402 bits per heavy atom. The van der Waals surface area contributed by atoms with Gasteiger partial charge >= 0.3 is 0 Å². The molecule has 17 rings (SSSR count). The molecule has 16 aromatic rings. The molecular formula is C93H66N4. The number of rotatable bonds is 16. The monoisotopic (exact) mass is 1240 g/mol. The van der Waals surface area contributed by atoms with Crippen LogP contribution >= 0.6 is 0 Å². The van der Waals surface area contributed by atoms with E-state index in [2.05, 4.69) is 420 Å². The first-order valence-electron chi connectivity index (χ1n) is 33.3. The van der Waals surface area contributed by atoms with Crippen molar-refractivity contribution in [2.75, 3.05) is 19.6 Å². The van der Waals surface area contributed by atoms with Crippen molar-refractivity contribution in [2.45, 2.75) is 5.41 Å². The fraction of sp³-hybridized carbons (Fsp3) is 0.0108. The summed E-state index contributed by atoms with van der Waals surface area (Å²) < 4.78 is 0. The number of nitrogens with zero attached hydrogens (tertiary/aromatic N) is 4. The fourth-order valence-corrected chi connectivity index (χ4v) is 14.8. The number of fused-ring (bicyclic) bond motifs is 5. The predicted octanol–water partition coefficient (Wildman–Crippen LogP) is 25.6. The average molecular weight is 1240 g/mol. The molecule has 16 aromatic carbocycles. The van der Waals surface area contributed by atoms with E-state index in [9.17, 15) is 0 Å². The lowest BCUT2D eigenvalue weighted by Gasteiger charge is -2.35. The summed E-state index contributed by atoms with van der Waals surface area (Å²) in [6, 6.07) is 146. The Hall–Kier alpha value is -12.8. The molecule has 458 valence electrons. The Morgan fingerprint density at radius 1 is 0.165 bits per heavy atom. The third-order valence-electron chi connectivity index (χ3n) is 19.3. The van der Waals surface area contributed by atoms with Crippen LogP contribution in [0.2, 0.25) is 0 Å². The van der Waals surface area contributed by atoms with Crippen LogP contribution in [-0.2, 0) is 5.41 Å². The molecule has 4 nitrogen and oxygen atoms in total. The van der Waals surface area contributed by atoms with Crippen LogP contribution in [0.3, 0.4) is 0 Å². The summed E-state index contributed by atoms with van der Waals surface area (Å²) in [5.74, 6) is 0. The maximum atomic E-state index is 2.37. The number of benzene rings is 16. The third-order valence-corrected chi connectivity index (χ3v) is 19.3. The Labute approximate surface area is 567 Å². The van der Waals surface area contributed by atoms with E-state index in [0.717, 1.165) is 90.5 Å². The molecule has 0 aromatic heterocycles. The highest BCUT2D eigenvalue weighted by Gasteiger charge is 2.46. The van der Waals surface area contributed by atoms with Gasteiger partial charge in [0.15, 0.2) is 0 Å². The summed E-state index contributed by atoms with van der Waals surface area (Å²) in [5.41, 5.74) is 24.6. The van der Waals surface area contributed by atoms with Crippen LogP contribution in [0.1, 0.15) is 22.3 Å². The average Bonchev–Trinajstić information content (AvgIpc) is 1.55. The third kappa shape index (κ3) is 10.6. The molecule has 0 radical (unpaired) electrons. The van der Waals surface area contributed by atoms with E-state index in [0.29, 0.717) is 0 Å². The smallest absolute Gasteiger partial charge is 0.0713 e. The van der Waals surface area contributed by atoms with E-state index in [1.807, 2.05) is 0 Å². The largest absolute Gasteiger partial charge is 0.311 e. The molecule has 0 heterocycles. The van der Waals surface area contributed by atoms with E-state index in [1.54, 1.807) is 0 Å². The topological polar surface area (TPSA) is 13.0 Å². The number of anilines is 12. The molecule has 0 saturated heterocycles. The highest BCUT2D eigenvalue weighted by Crippen LogP contribution is 2.57. The molecule has 1 aliphatic rings. The lowest BCUT2D eigenvalue weighted by atomic mass is 9.67. The first-order chi connectivity index (χ1) is 48.1. The van der Waals surface area contributed by atoms with Crippen molar-refractivity contribution in [3.05, 3.63) is 423 Å². The lowest BCUT2D eigenvalue weighted by Crippen LogP contribution is -2.28. The van der Waals surface area contributed by atoms with Gasteiger partial charge in [-0.1, -0.05) is 267 Å². The van der Waals surface area contributed by atoms with Crippen LogP contribution in [-0.4, -0.2) is 0 Å². The van der Waals surface area contributed by atoms with Gasteiger partial charge in [-0.05, 0) is 200 Å². The second-order valence-electron chi connectivity index (χ2n) is 24.8. The molecule has 97 heavy (non-hydrogen) atoms. The quantitative estimate of drug-likeness (QED) is 0.0956. The highest BCUT2D eigenvalue weighted by molar-refractivity contribution is 6.01. The van der Waals surface area contributed by atoms with E-state index >= 15 is 0 Å². The van der Waals surface area contributed by atoms with Gasteiger partial charge in [-0.2, -0.15) is 0 Å². The van der Waals surface area contributed by atoms with Gasteiger partial charge in [-0.25, -0.2) is 0 Å². The Kier molecular flexibility index (Phi) is 15.1. The van der Waals surface area contributed by atoms with Gasteiger partial charge in [0, 0.05) is 67.6 Å². The standard InChI is InChI=1S/C93H66N4/c1-5-27-75(28-6-1)94(79-55-43-67(44-56-79)69-47-59-83(60-48-69)96(77-31-9-3-10-32-77)91-41-21-25-71-23-13-15-35-85(71)91)81-63-51-73(52-64-81)93(89-39-19-17-37-87(89)88-38-18-20-40-90(88)93)74-53-65-82(66-54-74)95(76-29-7-2-8-30-76)80-57-45-68(46-58-80)70-49-61-84(62-50-70)97(78-33-11-4-12-34-78)92-42-22-26-72-24-14-16-36-86(72)92/h1-66H. The van der Waals surface area contributed by atoms with Crippen molar-refractivity contribution in [3.63, 3.8) is 0 Å². The maximum Gasteiger partial charge on any atom is 0.0713 e. The molecule has 1 aliphatic carbocycles. The van der Waals surface area contributed by atoms with Crippen LogP contribution in [0.15, 0.2) is 400 Å². The van der Waals surface area contributed by atoms with Gasteiger partial charge in [0.25, 0.3) is 0 Å².